The SMILES string of the molecule is N#C/C(=C\c1ccc(-n2nc(C(F)(F)F)cc2C(F)(F)F)cc1)c1ccccc1F. The maximum absolute atomic E-state index is 13.9. The van der Waals surface area contributed by atoms with E-state index in [0.717, 1.165) is 18.2 Å². The maximum Gasteiger partial charge on any atom is 0.435 e. The number of allylic oxidation sites excluding steroid dienone is 1. The van der Waals surface area contributed by atoms with Gasteiger partial charge in [0.15, 0.2) is 5.69 Å². The zero-order chi connectivity index (χ0) is 22.1. The molecule has 1 heterocycles. The molecule has 0 aliphatic heterocycles. The van der Waals surface area contributed by atoms with Gasteiger partial charge in [0, 0.05) is 11.6 Å². The number of rotatable bonds is 3. The molecule has 3 aromatic rings. The molecule has 0 aliphatic rings. The Morgan fingerprint density at radius 3 is 2.10 bits per heavy atom. The summed E-state index contributed by atoms with van der Waals surface area (Å²) in [6.45, 7) is 0. The largest absolute Gasteiger partial charge is 0.435 e. The molecular weight excluding hydrogens is 415 g/mol. The third-order valence-electron chi connectivity index (χ3n) is 4.02. The molecule has 0 atom stereocenters. The van der Waals surface area contributed by atoms with Gasteiger partial charge < -0.3 is 0 Å². The average molecular weight is 425 g/mol. The number of alkyl halides is 6. The predicted octanol–water partition coefficient (Wildman–Crippen LogP) is 6.11. The molecule has 10 heteroatoms. The Hall–Kier alpha value is -3.61. The van der Waals surface area contributed by atoms with Crippen molar-refractivity contribution in [2.24, 2.45) is 0 Å². The van der Waals surface area contributed by atoms with Gasteiger partial charge in [-0.05, 0) is 29.8 Å². The summed E-state index contributed by atoms with van der Waals surface area (Å²) in [5.74, 6) is -0.632. The fourth-order valence-corrected chi connectivity index (χ4v) is 2.65. The highest BCUT2D eigenvalue weighted by molar-refractivity contribution is 5.89. The molecule has 0 spiro atoms. The van der Waals surface area contributed by atoms with Crippen LogP contribution in [0.4, 0.5) is 30.7 Å². The first-order valence-electron chi connectivity index (χ1n) is 8.22. The van der Waals surface area contributed by atoms with Crippen LogP contribution in [-0.4, -0.2) is 9.78 Å². The molecule has 2 aromatic carbocycles. The van der Waals surface area contributed by atoms with Crippen molar-refractivity contribution in [2.45, 2.75) is 12.4 Å². The second-order valence-corrected chi connectivity index (χ2v) is 6.06. The second kappa shape index (κ2) is 7.67. The van der Waals surface area contributed by atoms with E-state index in [-0.39, 0.29) is 27.6 Å². The van der Waals surface area contributed by atoms with Crippen LogP contribution < -0.4 is 0 Å². The second-order valence-electron chi connectivity index (χ2n) is 6.06. The van der Waals surface area contributed by atoms with Crippen LogP contribution >= 0.6 is 0 Å². The molecule has 1 aromatic heterocycles. The van der Waals surface area contributed by atoms with Gasteiger partial charge >= 0.3 is 12.4 Å². The van der Waals surface area contributed by atoms with Crippen molar-refractivity contribution in [2.75, 3.05) is 0 Å². The molecule has 0 fully saturated rings. The third-order valence-corrected chi connectivity index (χ3v) is 4.02. The number of nitrogens with zero attached hydrogens (tertiary/aromatic N) is 3. The molecule has 0 unspecified atom stereocenters. The van der Waals surface area contributed by atoms with E-state index in [2.05, 4.69) is 5.10 Å². The summed E-state index contributed by atoms with van der Waals surface area (Å²) in [7, 11) is 0. The first-order valence-corrected chi connectivity index (χ1v) is 8.22. The highest BCUT2D eigenvalue weighted by Gasteiger charge is 2.42. The van der Waals surface area contributed by atoms with Gasteiger partial charge in [-0.15, -0.1) is 0 Å². The van der Waals surface area contributed by atoms with Crippen molar-refractivity contribution in [3.05, 3.63) is 82.9 Å². The molecule has 0 aliphatic carbocycles. The summed E-state index contributed by atoms with van der Waals surface area (Å²) in [6.07, 6.45) is -8.81. The monoisotopic (exact) mass is 425 g/mol. The lowest BCUT2D eigenvalue weighted by atomic mass is 10.0. The molecule has 0 bridgehead atoms. The van der Waals surface area contributed by atoms with Crippen LogP contribution in [0.25, 0.3) is 17.3 Å². The fourth-order valence-electron chi connectivity index (χ4n) is 2.65. The minimum Gasteiger partial charge on any atom is -0.228 e. The Morgan fingerprint density at radius 2 is 1.57 bits per heavy atom. The molecule has 3 nitrogen and oxygen atoms in total. The Bertz CT molecular complexity index is 1130. The van der Waals surface area contributed by atoms with Crippen LogP contribution in [0.3, 0.4) is 0 Å². The maximum atomic E-state index is 13.9. The number of aromatic nitrogens is 2. The van der Waals surface area contributed by atoms with E-state index in [1.54, 1.807) is 0 Å². The number of nitriles is 1. The van der Waals surface area contributed by atoms with Crippen molar-refractivity contribution in [3.8, 4) is 11.8 Å². The van der Waals surface area contributed by atoms with E-state index < -0.39 is 29.6 Å². The van der Waals surface area contributed by atoms with Gasteiger partial charge in [-0.25, -0.2) is 9.07 Å². The normalized spacial score (nSPS) is 12.7. The number of benzene rings is 2. The van der Waals surface area contributed by atoms with Crippen molar-refractivity contribution >= 4 is 11.6 Å². The molecule has 0 N–H and O–H groups in total. The molecule has 0 saturated heterocycles. The van der Waals surface area contributed by atoms with E-state index in [1.165, 1.54) is 36.4 Å². The zero-order valence-electron chi connectivity index (χ0n) is 14.8. The summed E-state index contributed by atoms with van der Waals surface area (Å²) >= 11 is 0. The summed E-state index contributed by atoms with van der Waals surface area (Å²) in [5.41, 5.74) is -3.19. The minimum atomic E-state index is -5.06. The van der Waals surface area contributed by atoms with E-state index in [0.29, 0.717) is 5.56 Å². The fraction of sp³-hybridized carbons (Fsp3) is 0.100. The zero-order valence-corrected chi connectivity index (χ0v) is 14.8. The van der Waals surface area contributed by atoms with Crippen LogP contribution in [0, 0.1) is 17.1 Å². The van der Waals surface area contributed by atoms with Crippen molar-refractivity contribution in [3.63, 3.8) is 0 Å². The van der Waals surface area contributed by atoms with Crippen LogP contribution in [-0.2, 0) is 12.4 Å². The first kappa shape index (κ1) is 21.1. The number of hydrogen-bond acceptors (Lipinski definition) is 2. The minimum absolute atomic E-state index is 0.0322. The van der Waals surface area contributed by atoms with Crippen molar-refractivity contribution < 1.29 is 30.7 Å². The van der Waals surface area contributed by atoms with Gasteiger partial charge in [0.25, 0.3) is 0 Å². The molecule has 154 valence electrons. The van der Waals surface area contributed by atoms with Gasteiger partial charge in [-0.2, -0.15) is 36.7 Å². The van der Waals surface area contributed by atoms with Gasteiger partial charge in [-0.3, -0.25) is 0 Å². The Morgan fingerprint density at radius 1 is 0.933 bits per heavy atom. The molecule has 0 radical (unpaired) electrons. The standard InChI is InChI=1S/C20H10F7N3/c21-16-4-2-1-3-15(16)13(11-28)9-12-5-7-14(8-6-12)30-18(20(25,26)27)10-17(29-30)19(22,23)24/h1-10H/b13-9+. The molecule has 0 saturated carbocycles. The molecular formula is C20H10F7N3. The van der Waals surface area contributed by atoms with Gasteiger partial charge in [-0.1, -0.05) is 30.3 Å². The van der Waals surface area contributed by atoms with E-state index in [4.69, 9.17) is 0 Å². The predicted molar refractivity (Wildman–Crippen MR) is 93.5 cm³/mol. The smallest absolute Gasteiger partial charge is 0.228 e. The van der Waals surface area contributed by atoms with Gasteiger partial charge in [0.05, 0.1) is 17.3 Å². The number of halogens is 7. The molecule has 3 rings (SSSR count). The van der Waals surface area contributed by atoms with Crippen LogP contribution in [0.15, 0.2) is 54.6 Å². The van der Waals surface area contributed by atoms with E-state index in [1.807, 2.05) is 6.07 Å². The van der Waals surface area contributed by atoms with Gasteiger partial charge in [0.1, 0.15) is 11.5 Å². The first-order chi connectivity index (χ1) is 14.0. The number of hydrogen-bond donors (Lipinski definition) is 0. The van der Waals surface area contributed by atoms with E-state index in [9.17, 15) is 36.0 Å². The third kappa shape index (κ3) is 4.35. The Kier molecular flexibility index (Phi) is 5.39. The highest BCUT2D eigenvalue weighted by Crippen LogP contribution is 2.36. The van der Waals surface area contributed by atoms with Crippen LogP contribution in [0.5, 0.6) is 0 Å². The Labute approximate surface area is 165 Å². The summed E-state index contributed by atoms with van der Waals surface area (Å²) in [5, 5.41) is 12.3. The van der Waals surface area contributed by atoms with Crippen molar-refractivity contribution in [1.82, 2.24) is 9.78 Å². The lowest BCUT2D eigenvalue weighted by molar-refractivity contribution is -0.143. The summed E-state index contributed by atoms with van der Waals surface area (Å²) in [6, 6.07) is 12.1. The quantitative estimate of drug-likeness (QED) is 0.289. The topological polar surface area (TPSA) is 41.6 Å². The van der Waals surface area contributed by atoms with Crippen LogP contribution in [0.1, 0.15) is 22.5 Å². The summed E-state index contributed by atoms with van der Waals surface area (Å²) in [4.78, 5) is 0. The summed E-state index contributed by atoms with van der Waals surface area (Å²) < 4.78 is 91.9. The highest BCUT2D eigenvalue weighted by atomic mass is 19.4. The Balaban J connectivity index is 2.02. The molecule has 0 amide bonds. The van der Waals surface area contributed by atoms with E-state index >= 15 is 0 Å². The lowest BCUT2D eigenvalue weighted by Crippen LogP contribution is -2.13. The van der Waals surface area contributed by atoms with Crippen molar-refractivity contribution in [1.29, 1.82) is 5.26 Å². The molecule has 30 heavy (non-hydrogen) atoms. The lowest BCUT2D eigenvalue weighted by Gasteiger charge is -2.10. The van der Waals surface area contributed by atoms with Crippen LogP contribution in [0.2, 0.25) is 0 Å². The average Bonchev–Trinajstić information content (AvgIpc) is 3.14. The van der Waals surface area contributed by atoms with Gasteiger partial charge in [0.2, 0.25) is 0 Å².